The van der Waals surface area contributed by atoms with Crippen molar-refractivity contribution < 1.29 is 0 Å². The molecule has 80 valence electrons. The monoisotopic (exact) mass is 296 g/mol. The van der Waals surface area contributed by atoms with Gasteiger partial charge in [0.2, 0.25) is 0 Å². The molecule has 0 radical (unpaired) electrons. The Kier molecular flexibility index (Phi) is 7.71. The molecular weight excluding hydrogens is 283 g/mol. The second-order valence-electron chi connectivity index (χ2n) is 3.12. The van der Waals surface area contributed by atoms with Crippen molar-refractivity contribution in [2.45, 2.75) is 26.7 Å². The Morgan fingerprint density at radius 3 is 2.36 bits per heavy atom. The Morgan fingerprint density at radius 1 is 1.43 bits per heavy atom. The van der Waals surface area contributed by atoms with Gasteiger partial charge in [-0.15, -0.1) is 11.6 Å². The molecule has 14 heavy (non-hydrogen) atoms. The molecule has 0 amide bonds. The first-order valence-corrected chi connectivity index (χ1v) is 6.09. The van der Waals surface area contributed by atoms with Crippen LogP contribution in [-0.4, -0.2) is 5.88 Å². The minimum Gasteiger partial charge on any atom is -0.122 e. The molecule has 0 aliphatic carbocycles. The van der Waals surface area contributed by atoms with Gasteiger partial charge in [0.15, 0.2) is 0 Å². The lowest BCUT2D eigenvalue weighted by Crippen LogP contribution is -1.92. The van der Waals surface area contributed by atoms with E-state index in [4.69, 9.17) is 23.2 Å². The van der Waals surface area contributed by atoms with E-state index in [2.05, 4.69) is 22.5 Å². The summed E-state index contributed by atoms with van der Waals surface area (Å²) in [5.41, 5.74) is 2.41. The lowest BCUT2D eigenvalue weighted by atomic mass is 10.0. The molecule has 0 aliphatic rings. The highest BCUT2D eigenvalue weighted by atomic mass is 79.9. The summed E-state index contributed by atoms with van der Waals surface area (Å²) in [5, 5.41) is 0.846. The van der Waals surface area contributed by atoms with Crippen molar-refractivity contribution in [1.29, 1.82) is 0 Å². The molecule has 0 aromatic rings. The number of alkyl halides is 1. The van der Waals surface area contributed by atoms with Crippen molar-refractivity contribution in [1.82, 2.24) is 0 Å². The van der Waals surface area contributed by atoms with Gasteiger partial charge in [0.1, 0.15) is 0 Å². The zero-order valence-corrected chi connectivity index (χ0v) is 11.6. The first-order valence-electron chi connectivity index (χ1n) is 4.38. The molecule has 0 aliphatic heterocycles. The molecule has 0 atom stereocenters. The van der Waals surface area contributed by atoms with E-state index in [-0.39, 0.29) is 0 Å². The van der Waals surface area contributed by atoms with Crippen LogP contribution in [0, 0.1) is 0 Å². The average Bonchev–Trinajstić information content (AvgIpc) is 2.14. The Bertz CT molecular complexity index is 264. The van der Waals surface area contributed by atoms with E-state index in [0.29, 0.717) is 5.88 Å². The van der Waals surface area contributed by atoms with Crippen LogP contribution >= 0.6 is 39.1 Å². The highest BCUT2D eigenvalue weighted by Gasteiger charge is 2.05. The summed E-state index contributed by atoms with van der Waals surface area (Å²) in [6, 6.07) is 0. The van der Waals surface area contributed by atoms with E-state index < -0.39 is 0 Å². The molecule has 0 rings (SSSR count). The first kappa shape index (κ1) is 14.3. The third-order valence-electron chi connectivity index (χ3n) is 1.90. The van der Waals surface area contributed by atoms with Crippen LogP contribution in [-0.2, 0) is 0 Å². The Balaban J connectivity index is 4.65. The second kappa shape index (κ2) is 7.56. The van der Waals surface area contributed by atoms with E-state index in [9.17, 15) is 0 Å². The van der Waals surface area contributed by atoms with Crippen LogP contribution in [0.3, 0.4) is 0 Å². The Hall–Kier alpha value is 0.280. The van der Waals surface area contributed by atoms with Gasteiger partial charge in [-0.2, -0.15) is 0 Å². The van der Waals surface area contributed by atoms with Crippen molar-refractivity contribution in [3.05, 3.63) is 33.3 Å². The van der Waals surface area contributed by atoms with E-state index in [0.717, 1.165) is 22.4 Å². The number of halogens is 3. The van der Waals surface area contributed by atoms with Crippen molar-refractivity contribution in [2.24, 2.45) is 0 Å². The molecule has 3 heteroatoms. The molecule has 0 heterocycles. The van der Waals surface area contributed by atoms with Gasteiger partial charge in [0, 0.05) is 23.8 Å². The summed E-state index contributed by atoms with van der Waals surface area (Å²) in [6.07, 6.45) is 3.48. The molecular formula is C11H15BrCl2. The number of hydrogen-bond acceptors (Lipinski definition) is 0. The van der Waals surface area contributed by atoms with E-state index in [1.165, 1.54) is 11.1 Å². The van der Waals surface area contributed by atoms with E-state index in [1.807, 2.05) is 19.9 Å². The fraction of sp³-hybridized carbons (Fsp3) is 0.455. The summed E-state index contributed by atoms with van der Waals surface area (Å²) in [5.74, 6) is 0.545. The number of rotatable bonds is 5. The fourth-order valence-electron chi connectivity index (χ4n) is 0.996. The SMILES string of the molecule is C=C(Br)CC(CC(Cl)=CC)=C(C)CCl. The van der Waals surface area contributed by atoms with Crippen LogP contribution in [0.1, 0.15) is 26.7 Å². The maximum atomic E-state index is 5.98. The van der Waals surface area contributed by atoms with Crippen LogP contribution in [0.2, 0.25) is 0 Å². The van der Waals surface area contributed by atoms with Gasteiger partial charge >= 0.3 is 0 Å². The standard InChI is InChI=1S/C11H15BrCl2/c1-4-11(14)6-10(5-9(3)12)8(2)7-13/h4H,3,5-7H2,1-2H3. The van der Waals surface area contributed by atoms with Gasteiger partial charge in [-0.1, -0.05) is 51.3 Å². The van der Waals surface area contributed by atoms with Crippen molar-refractivity contribution in [3.8, 4) is 0 Å². The smallest absolute Gasteiger partial charge is 0.0433 e. The predicted octanol–water partition coefficient (Wildman–Crippen LogP) is 5.37. The summed E-state index contributed by atoms with van der Waals surface area (Å²) < 4.78 is 0.956. The van der Waals surface area contributed by atoms with Crippen LogP contribution in [0.4, 0.5) is 0 Å². The molecule has 0 spiro atoms. The highest BCUT2D eigenvalue weighted by molar-refractivity contribution is 9.11. The Labute approximate surface area is 105 Å². The molecule has 0 fully saturated rings. The minimum atomic E-state index is 0.545. The molecule has 0 unspecified atom stereocenters. The van der Waals surface area contributed by atoms with Gasteiger partial charge in [-0.05, 0) is 18.3 Å². The predicted molar refractivity (Wildman–Crippen MR) is 70.3 cm³/mol. The molecule has 0 saturated heterocycles. The molecule has 0 aromatic carbocycles. The van der Waals surface area contributed by atoms with Crippen molar-refractivity contribution in [2.75, 3.05) is 5.88 Å². The molecule has 0 saturated carbocycles. The largest absolute Gasteiger partial charge is 0.122 e. The van der Waals surface area contributed by atoms with Gasteiger partial charge < -0.3 is 0 Å². The number of allylic oxidation sites excluding steroid dienone is 5. The third kappa shape index (κ3) is 5.90. The number of hydrogen-bond donors (Lipinski definition) is 0. The second-order valence-corrected chi connectivity index (χ2v) is 5.00. The normalized spacial score (nSPS) is 13.9. The highest BCUT2D eigenvalue weighted by Crippen LogP contribution is 2.26. The van der Waals surface area contributed by atoms with Crippen molar-refractivity contribution >= 4 is 39.1 Å². The average molecular weight is 298 g/mol. The van der Waals surface area contributed by atoms with Gasteiger partial charge in [0.05, 0.1) is 0 Å². The van der Waals surface area contributed by atoms with E-state index >= 15 is 0 Å². The first-order chi connectivity index (χ1) is 6.51. The maximum Gasteiger partial charge on any atom is 0.0433 e. The van der Waals surface area contributed by atoms with Crippen molar-refractivity contribution in [3.63, 3.8) is 0 Å². The fourth-order valence-corrected chi connectivity index (χ4v) is 1.68. The summed E-state index contributed by atoms with van der Waals surface area (Å²) in [4.78, 5) is 0. The lowest BCUT2D eigenvalue weighted by molar-refractivity contribution is 1.04. The summed E-state index contributed by atoms with van der Waals surface area (Å²) >= 11 is 15.1. The third-order valence-corrected chi connectivity index (χ3v) is 2.94. The summed E-state index contributed by atoms with van der Waals surface area (Å²) in [6.45, 7) is 7.78. The van der Waals surface area contributed by atoms with E-state index in [1.54, 1.807) is 0 Å². The van der Waals surface area contributed by atoms with Crippen LogP contribution in [0.25, 0.3) is 0 Å². The summed E-state index contributed by atoms with van der Waals surface area (Å²) in [7, 11) is 0. The zero-order valence-electron chi connectivity index (χ0n) is 8.54. The molecule has 0 nitrogen and oxygen atoms in total. The Morgan fingerprint density at radius 2 is 2.00 bits per heavy atom. The maximum absolute atomic E-state index is 5.98. The molecule has 0 bridgehead atoms. The van der Waals surface area contributed by atoms with Crippen LogP contribution in [0.15, 0.2) is 33.3 Å². The molecule has 0 aromatic heterocycles. The quantitative estimate of drug-likeness (QED) is 0.472. The van der Waals surface area contributed by atoms with Crippen LogP contribution < -0.4 is 0 Å². The minimum absolute atomic E-state index is 0.545. The van der Waals surface area contributed by atoms with Gasteiger partial charge in [-0.25, -0.2) is 0 Å². The van der Waals surface area contributed by atoms with Gasteiger partial charge in [0.25, 0.3) is 0 Å². The molecule has 0 N–H and O–H groups in total. The van der Waals surface area contributed by atoms with Crippen LogP contribution in [0.5, 0.6) is 0 Å². The van der Waals surface area contributed by atoms with Gasteiger partial charge in [-0.3, -0.25) is 0 Å². The lowest BCUT2D eigenvalue weighted by Gasteiger charge is -2.09. The topological polar surface area (TPSA) is 0 Å². The zero-order chi connectivity index (χ0) is 11.1.